The lowest BCUT2D eigenvalue weighted by atomic mass is 10.0. The Balaban J connectivity index is 2.09. The second-order valence-corrected chi connectivity index (χ2v) is 5.35. The zero-order valence-corrected chi connectivity index (χ0v) is 12.7. The molecule has 114 valence electrons. The molecule has 4 heteroatoms. The van der Waals surface area contributed by atoms with Crippen molar-refractivity contribution in [3.8, 4) is 5.75 Å². The van der Waals surface area contributed by atoms with Crippen LogP contribution in [0.25, 0.3) is 6.08 Å². The van der Waals surface area contributed by atoms with Gasteiger partial charge in [0, 0.05) is 18.2 Å². The number of amides is 1. The smallest absolute Gasteiger partial charge is 0.246 e. The summed E-state index contributed by atoms with van der Waals surface area (Å²) in [5.74, 6) is 1.07. The molecule has 1 N–H and O–H groups in total. The minimum Gasteiger partial charge on any atom is -0.493 e. The highest BCUT2D eigenvalue weighted by Crippen LogP contribution is 2.24. The first kappa shape index (κ1) is 15.6. The zero-order valence-electron chi connectivity index (χ0n) is 12.7. The molecular weight excluding hydrogens is 266 g/mol. The molecule has 4 nitrogen and oxygen atoms in total. The van der Waals surface area contributed by atoms with E-state index in [2.05, 4.69) is 6.92 Å². The predicted octanol–water partition coefficient (Wildman–Crippen LogP) is 2.33. The summed E-state index contributed by atoms with van der Waals surface area (Å²) in [5, 5.41) is 9.42. The van der Waals surface area contributed by atoms with E-state index in [4.69, 9.17) is 4.74 Å². The minimum absolute atomic E-state index is 0.0241. The summed E-state index contributed by atoms with van der Waals surface area (Å²) < 4.78 is 5.54. The summed E-state index contributed by atoms with van der Waals surface area (Å²) in [6, 6.07) is 7.58. The van der Waals surface area contributed by atoms with Crippen molar-refractivity contribution in [2.45, 2.75) is 26.3 Å². The van der Waals surface area contributed by atoms with Gasteiger partial charge in [0.15, 0.2) is 0 Å². The van der Waals surface area contributed by atoms with E-state index >= 15 is 0 Å². The lowest BCUT2D eigenvalue weighted by Crippen LogP contribution is -2.38. The van der Waals surface area contributed by atoms with Crippen LogP contribution in [0.3, 0.4) is 0 Å². The number of ether oxygens (including phenoxy) is 1. The number of aliphatic hydroxyl groups is 1. The van der Waals surface area contributed by atoms with Crippen molar-refractivity contribution in [2.75, 3.05) is 19.8 Å². The van der Waals surface area contributed by atoms with E-state index in [-0.39, 0.29) is 18.6 Å². The van der Waals surface area contributed by atoms with E-state index in [9.17, 15) is 9.90 Å². The number of nitrogens with zero attached hydrogens (tertiary/aromatic N) is 1. The summed E-state index contributed by atoms with van der Waals surface area (Å²) >= 11 is 0. The van der Waals surface area contributed by atoms with Crippen LogP contribution in [-0.4, -0.2) is 41.7 Å². The fraction of sp³-hybridized carbons (Fsp3) is 0.471. The van der Waals surface area contributed by atoms with E-state index < -0.39 is 0 Å². The molecular formula is C17H23NO3. The first-order valence-electron chi connectivity index (χ1n) is 7.48. The molecule has 0 radical (unpaired) electrons. The van der Waals surface area contributed by atoms with Gasteiger partial charge in [-0.3, -0.25) is 4.79 Å². The monoisotopic (exact) mass is 289 g/mol. The maximum absolute atomic E-state index is 12.3. The van der Waals surface area contributed by atoms with E-state index in [1.807, 2.05) is 31.2 Å². The zero-order chi connectivity index (χ0) is 15.2. The molecule has 0 aliphatic carbocycles. The molecule has 2 rings (SSSR count). The third-order valence-electron chi connectivity index (χ3n) is 3.98. The molecule has 1 aromatic rings. The average molecular weight is 289 g/mol. The van der Waals surface area contributed by atoms with Gasteiger partial charge in [-0.2, -0.15) is 0 Å². The normalized spacial score (nSPS) is 22.0. The van der Waals surface area contributed by atoms with Gasteiger partial charge in [0.05, 0.1) is 19.3 Å². The fourth-order valence-corrected chi connectivity index (χ4v) is 2.72. The highest BCUT2D eigenvalue weighted by Gasteiger charge is 2.32. The molecule has 1 heterocycles. The number of para-hydroxylation sites is 1. The van der Waals surface area contributed by atoms with Gasteiger partial charge in [0.25, 0.3) is 0 Å². The standard InChI is InChI=1S/C17H23NO3/c1-3-21-16-7-5-4-6-14(16)8-9-17(20)18-11-10-13(2)15(18)12-19/h4-9,13,15,19H,3,10-12H2,1-2H3/b9-8+. The van der Waals surface area contributed by atoms with Gasteiger partial charge >= 0.3 is 0 Å². The van der Waals surface area contributed by atoms with E-state index in [0.717, 1.165) is 17.7 Å². The molecule has 1 aromatic carbocycles. The Morgan fingerprint density at radius 3 is 2.95 bits per heavy atom. The first-order chi connectivity index (χ1) is 10.2. The van der Waals surface area contributed by atoms with E-state index in [0.29, 0.717) is 19.1 Å². The Bertz CT molecular complexity index is 513. The van der Waals surface area contributed by atoms with Crippen molar-refractivity contribution in [3.63, 3.8) is 0 Å². The van der Waals surface area contributed by atoms with Gasteiger partial charge in [0.1, 0.15) is 5.75 Å². The quantitative estimate of drug-likeness (QED) is 0.846. The molecule has 2 unspecified atom stereocenters. The van der Waals surface area contributed by atoms with Crippen LogP contribution in [0, 0.1) is 5.92 Å². The molecule has 0 saturated carbocycles. The van der Waals surface area contributed by atoms with E-state index in [1.54, 1.807) is 17.1 Å². The Morgan fingerprint density at radius 2 is 2.24 bits per heavy atom. The number of benzene rings is 1. The van der Waals surface area contributed by atoms with E-state index in [1.165, 1.54) is 0 Å². The third kappa shape index (κ3) is 3.64. The van der Waals surface area contributed by atoms with Gasteiger partial charge in [0.2, 0.25) is 5.91 Å². The van der Waals surface area contributed by atoms with Crippen LogP contribution in [-0.2, 0) is 4.79 Å². The summed E-state index contributed by atoms with van der Waals surface area (Å²) in [6.45, 7) is 5.33. The van der Waals surface area contributed by atoms with Crippen molar-refractivity contribution < 1.29 is 14.6 Å². The number of likely N-dealkylation sites (tertiary alicyclic amines) is 1. The number of hydrogen-bond donors (Lipinski definition) is 1. The average Bonchev–Trinajstić information content (AvgIpc) is 2.87. The van der Waals surface area contributed by atoms with Gasteiger partial charge in [-0.05, 0) is 31.4 Å². The number of carbonyl (C=O) groups excluding carboxylic acids is 1. The molecule has 1 saturated heterocycles. The predicted molar refractivity (Wildman–Crippen MR) is 83.0 cm³/mol. The van der Waals surface area contributed by atoms with Gasteiger partial charge < -0.3 is 14.7 Å². The first-order valence-corrected chi connectivity index (χ1v) is 7.48. The molecule has 1 amide bonds. The summed E-state index contributed by atoms with van der Waals surface area (Å²) in [7, 11) is 0. The highest BCUT2D eigenvalue weighted by molar-refractivity contribution is 5.92. The molecule has 0 aromatic heterocycles. The number of hydrogen-bond acceptors (Lipinski definition) is 3. The Labute approximate surface area is 126 Å². The fourth-order valence-electron chi connectivity index (χ4n) is 2.72. The number of carbonyl (C=O) groups is 1. The molecule has 1 fully saturated rings. The van der Waals surface area contributed by atoms with Crippen LogP contribution in [0.15, 0.2) is 30.3 Å². The largest absolute Gasteiger partial charge is 0.493 e. The van der Waals surface area contributed by atoms with Crippen LogP contribution in [0.2, 0.25) is 0 Å². The molecule has 21 heavy (non-hydrogen) atoms. The maximum Gasteiger partial charge on any atom is 0.246 e. The van der Waals surface area contributed by atoms with Crippen LogP contribution >= 0.6 is 0 Å². The maximum atomic E-state index is 12.3. The second-order valence-electron chi connectivity index (χ2n) is 5.35. The Hall–Kier alpha value is -1.81. The topological polar surface area (TPSA) is 49.8 Å². The molecule has 0 bridgehead atoms. The second kappa shape index (κ2) is 7.27. The summed E-state index contributed by atoms with van der Waals surface area (Å²) in [6.07, 6.45) is 4.30. The van der Waals surface area contributed by atoms with Crippen molar-refractivity contribution in [1.29, 1.82) is 0 Å². The number of rotatable bonds is 5. The molecule has 0 spiro atoms. The lowest BCUT2D eigenvalue weighted by Gasteiger charge is -2.23. The van der Waals surface area contributed by atoms with Gasteiger partial charge in [-0.25, -0.2) is 0 Å². The van der Waals surface area contributed by atoms with Crippen molar-refractivity contribution in [1.82, 2.24) is 4.90 Å². The third-order valence-corrected chi connectivity index (χ3v) is 3.98. The van der Waals surface area contributed by atoms with Crippen LogP contribution in [0.5, 0.6) is 5.75 Å². The van der Waals surface area contributed by atoms with Crippen LogP contribution in [0.1, 0.15) is 25.8 Å². The summed E-state index contributed by atoms with van der Waals surface area (Å²) in [4.78, 5) is 14.0. The number of aliphatic hydroxyl groups excluding tert-OH is 1. The lowest BCUT2D eigenvalue weighted by molar-refractivity contribution is -0.127. The van der Waals surface area contributed by atoms with Gasteiger partial charge in [-0.15, -0.1) is 0 Å². The Morgan fingerprint density at radius 1 is 1.48 bits per heavy atom. The van der Waals surface area contributed by atoms with Crippen molar-refractivity contribution in [2.24, 2.45) is 5.92 Å². The molecule has 1 aliphatic rings. The van der Waals surface area contributed by atoms with Crippen molar-refractivity contribution in [3.05, 3.63) is 35.9 Å². The minimum atomic E-state index is -0.0655. The van der Waals surface area contributed by atoms with Crippen molar-refractivity contribution >= 4 is 12.0 Å². The summed E-state index contributed by atoms with van der Waals surface area (Å²) in [5.41, 5.74) is 0.889. The molecule has 2 atom stereocenters. The van der Waals surface area contributed by atoms with Crippen LogP contribution < -0.4 is 4.74 Å². The van der Waals surface area contributed by atoms with Crippen LogP contribution in [0.4, 0.5) is 0 Å². The molecule has 1 aliphatic heterocycles. The Kier molecular flexibility index (Phi) is 5.39. The SMILES string of the molecule is CCOc1ccccc1/C=C/C(=O)N1CCC(C)C1CO. The van der Waals surface area contributed by atoms with Gasteiger partial charge in [-0.1, -0.05) is 25.1 Å². The highest BCUT2D eigenvalue weighted by atomic mass is 16.5.